The van der Waals surface area contributed by atoms with E-state index in [1.54, 1.807) is 6.07 Å². The number of benzene rings is 1. The maximum Gasteiger partial charge on any atom is 0.126 e. The van der Waals surface area contributed by atoms with Crippen LogP contribution in [0, 0.1) is 17.1 Å². The first-order chi connectivity index (χ1) is 8.69. The maximum atomic E-state index is 13.2. The summed E-state index contributed by atoms with van der Waals surface area (Å²) in [5.41, 5.74) is 1.01. The van der Waals surface area contributed by atoms with Gasteiger partial charge in [-0.25, -0.2) is 4.39 Å². The van der Waals surface area contributed by atoms with Crippen LogP contribution in [0.25, 0.3) is 0 Å². The number of rotatable bonds is 7. The molecule has 0 atom stereocenters. The zero-order valence-electron chi connectivity index (χ0n) is 11.0. The molecular weight excluding hydrogens is 229 g/mol. The SMILES string of the molecule is CCCN(CC)CCNc1cc(F)cc(C#N)c1. The highest BCUT2D eigenvalue weighted by atomic mass is 19.1. The van der Waals surface area contributed by atoms with Gasteiger partial charge in [-0.2, -0.15) is 5.26 Å². The van der Waals surface area contributed by atoms with Crippen LogP contribution in [0.2, 0.25) is 0 Å². The van der Waals surface area contributed by atoms with Crippen molar-refractivity contribution in [1.82, 2.24) is 4.90 Å². The Bertz CT molecular complexity index is 412. The molecule has 98 valence electrons. The van der Waals surface area contributed by atoms with Gasteiger partial charge in [0.1, 0.15) is 5.82 Å². The van der Waals surface area contributed by atoms with Crippen LogP contribution in [-0.2, 0) is 0 Å². The molecule has 1 N–H and O–H groups in total. The van der Waals surface area contributed by atoms with Gasteiger partial charge < -0.3 is 10.2 Å². The molecule has 1 aromatic carbocycles. The van der Waals surface area contributed by atoms with Crippen molar-refractivity contribution in [2.24, 2.45) is 0 Å². The van der Waals surface area contributed by atoms with Crippen LogP contribution in [0.4, 0.5) is 10.1 Å². The van der Waals surface area contributed by atoms with Crippen molar-refractivity contribution in [1.29, 1.82) is 5.26 Å². The molecule has 0 saturated carbocycles. The summed E-state index contributed by atoms with van der Waals surface area (Å²) < 4.78 is 13.2. The van der Waals surface area contributed by atoms with Crippen molar-refractivity contribution in [3.05, 3.63) is 29.6 Å². The summed E-state index contributed by atoms with van der Waals surface area (Å²) >= 11 is 0. The molecule has 18 heavy (non-hydrogen) atoms. The Hall–Kier alpha value is -1.60. The van der Waals surface area contributed by atoms with Crippen LogP contribution in [0.1, 0.15) is 25.8 Å². The number of hydrogen-bond donors (Lipinski definition) is 1. The number of nitriles is 1. The van der Waals surface area contributed by atoms with Gasteiger partial charge in [0.25, 0.3) is 0 Å². The Kier molecular flexibility index (Phi) is 6.16. The molecule has 0 bridgehead atoms. The van der Waals surface area contributed by atoms with E-state index in [4.69, 9.17) is 5.26 Å². The zero-order chi connectivity index (χ0) is 13.4. The van der Waals surface area contributed by atoms with E-state index in [0.717, 1.165) is 32.6 Å². The van der Waals surface area contributed by atoms with Gasteiger partial charge in [0.15, 0.2) is 0 Å². The summed E-state index contributed by atoms with van der Waals surface area (Å²) in [4.78, 5) is 2.33. The third-order valence-corrected chi connectivity index (χ3v) is 2.77. The first-order valence-electron chi connectivity index (χ1n) is 6.36. The molecule has 3 nitrogen and oxygen atoms in total. The first-order valence-corrected chi connectivity index (χ1v) is 6.36. The second kappa shape index (κ2) is 7.67. The predicted octanol–water partition coefficient (Wildman–Crippen LogP) is 2.84. The number of nitrogens with one attached hydrogen (secondary N) is 1. The van der Waals surface area contributed by atoms with Gasteiger partial charge in [-0.3, -0.25) is 0 Å². The first kappa shape index (κ1) is 14.5. The molecule has 0 amide bonds. The van der Waals surface area contributed by atoms with Gasteiger partial charge >= 0.3 is 0 Å². The Morgan fingerprint density at radius 1 is 1.28 bits per heavy atom. The van der Waals surface area contributed by atoms with E-state index < -0.39 is 0 Å². The van der Waals surface area contributed by atoms with Crippen LogP contribution < -0.4 is 5.32 Å². The smallest absolute Gasteiger partial charge is 0.126 e. The van der Waals surface area contributed by atoms with Gasteiger partial charge in [-0.05, 0) is 37.7 Å². The summed E-state index contributed by atoms with van der Waals surface area (Å²) in [5.74, 6) is -0.377. The molecule has 0 heterocycles. The molecule has 0 spiro atoms. The summed E-state index contributed by atoms with van der Waals surface area (Å²) in [6.07, 6.45) is 1.13. The lowest BCUT2D eigenvalue weighted by molar-refractivity contribution is 0.300. The predicted molar refractivity (Wildman–Crippen MR) is 72.0 cm³/mol. The number of halogens is 1. The Morgan fingerprint density at radius 2 is 2.06 bits per heavy atom. The van der Waals surface area contributed by atoms with Crippen LogP contribution in [0.3, 0.4) is 0 Å². The fourth-order valence-electron chi connectivity index (χ4n) is 1.86. The van der Waals surface area contributed by atoms with E-state index in [1.807, 2.05) is 6.07 Å². The minimum absolute atomic E-state index is 0.346. The molecular formula is C14H20FN3. The van der Waals surface area contributed by atoms with Gasteiger partial charge in [-0.15, -0.1) is 0 Å². The molecule has 0 radical (unpaired) electrons. The summed E-state index contributed by atoms with van der Waals surface area (Å²) in [5, 5.41) is 11.9. The molecule has 0 aliphatic heterocycles. The third-order valence-electron chi connectivity index (χ3n) is 2.77. The van der Waals surface area contributed by atoms with Crippen LogP contribution in [0.15, 0.2) is 18.2 Å². The van der Waals surface area contributed by atoms with E-state index in [9.17, 15) is 4.39 Å². The van der Waals surface area contributed by atoms with E-state index in [0.29, 0.717) is 11.3 Å². The number of likely N-dealkylation sites (N-methyl/N-ethyl adjacent to an activating group) is 1. The topological polar surface area (TPSA) is 39.1 Å². The Balaban J connectivity index is 2.48. The summed E-state index contributed by atoms with van der Waals surface area (Å²) in [7, 11) is 0. The van der Waals surface area contributed by atoms with E-state index in [-0.39, 0.29) is 5.82 Å². The number of anilines is 1. The molecule has 4 heteroatoms. The van der Waals surface area contributed by atoms with E-state index >= 15 is 0 Å². The molecule has 0 fully saturated rings. The van der Waals surface area contributed by atoms with Gasteiger partial charge in [0.05, 0.1) is 11.6 Å². The Morgan fingerprint density at radius 3 is 2.67 bits per heavy atom. The molecule has 1 rings (SSSR count). The van der Waals surface area contributed by atoms with Crippen molar-refractivity contribution in [2.75, 3.05) is 31.5 Å². The van der Waals surface area contributed by atoms with Gasteiger partial charge in [-0.1, -0.05) is 13.8 Å². The number of hydrogen-bond acceptors (Lipinski definition) is 3. The van der Waals surface area contributed by atoms with Crippen LogP contribution in [-0.4, -0.2) is 31.1 Å². The lowest BCUT2D eigenvalue weighted by Gasteiger charge is -2.19. The second-order valence-corrected chi connectivity index (χ2v) is 4.20. The fraction of sp³-hybridized carbons (Fsp3) is 0.500. The van der Waals surface area contributed by atoms with Crippen LogP contribution >= 0.6 is 0 Å². The fourth-order valence-corrected chi connectivity index (χ4v) is 1.86. The van der Waals surface area contributed by atoms with E-state index in [1.165, 1.54) is 12.1 Å². The van der Waals surface area contributed by atoms with Crippen molar-refractivity contribution in [3.8, 4) is 6.07 Å². The molecule has 0 unspecified atom stereocenters. The van der Waals surface area contributed by atoms with Gasteiger partial charge in [0.2, 0.25) is 0 Å². The van der Waals surface area contributed by atoms with Crippen molar-refractivity contribution in [3.63, 3.8) is 0 Å². The lowest BCUT2D eigenvalue weighted by Crippen LogP contribution is -2.29. The average Bonchev–Trinajstić information content (AvgIpc) is 2.37. The highest BCUT2D eigenvalue weighted by Crippen LogP contribution is 2.13. The Labute approximate surface area is 108 Å². The molecule has 0 aliphatic rings. The largest absolute Gasteiger partial charge is 0.384 e. The summed E-state index contributed by atoms with van der Waals surface area (Å²) in [6, 6.07) is 6.26. The van der Waals surface area contributed by atoms with Crippen molar-refractivity contribution < 1.29 is 4.39 Å². The highest BCUT2D eigenvalue weighted by molar-refractivity contribution is 5.49. The standard InChI is InChI=1S/C14H20FN3/c1-3-6-18(4-2)7-5-17-14-9-12(11-16)8-13(15)10-14/h8-10,17H,3-7H2,1-2H3. The average molecular weight is 249 g/mol. The third kappa shape index (κ3) is 4.72. The monoisotopic (exact) mass is 249 g/mol. The highest BCUT2D eigenvalue weighted by Gasteiger charge is 2.02. The van der Waals surface area contributed by atoms with Crippen molar-refractivity contribution in [2.45, 2.75) is 20.3 Å². The molecule has 0 saturated heterocycles. The molecule has 0 aliphatic carbocycles. The van der Waals surface area contributed by atoms with E-state index in [2.05, 4.69) is 24.1 Å². The molecule has 1 aromatic rings. The minimum atomic E-state index is -0.377. The summed E-state index contributed by atoms with van der Waals surface area (Å²) in [6.45, 7) is 8.05. The zero-order valence-corrected chi connectivity index (χ0v) is 11.0. The minimum Gasteiger partial charge on any atom is -0.384 e. The molecule has 0 aromatic heterocycles. The maximum absolute atomic E-state index is 13.2. The van der Waals surface area contributed by atoms with Crippen molar-refractivity contribution >= 4 is 5.69 Å². The second-order valence-electron chi connectivity index (χ2n) is 4.20. The quantitative estimate of drug-likeness (QED) is 0.807. The normalized spacial score (nSPS) is 10.4. The number of nitrogens with zero attached hydrogens (tertiary/aromatic N) is 2. The van der Waals surface area contributed by atoms with Crippen LogP contribution in [0.5, 0.6) is 0 Å². The lowest BCUT2D eigenvalue weighted by atomic mass is 10.2. The van der Waals surface area contributed by atoms with Gasteiger partial charge in [0, 0.05) is 18.8 Å².